The Morgan fingerprint density at radius 2 is 1.00 bits per heavy atom. The Morgan fingerprint density at radius 1 is 0.407 bits per heavy atom. The van der Waals surface area contributed by atoms with Gasteiger partial charge in [0.15, 0.2) is 0 Å². The van der Waals surface area contributed by atoms with Crippen LogP contribution >= 0.6 is 0 Å². The first-order valence-electron chi connectivity index (χ1n) is 17.8. The molecule has 0 radical (unpaired) electrons. The van der Waals surface area contributed by atoms with Gasteiger partial charge in [0.1, 0.15) is 34.0 Å². The molecule has 3 heterocycles. The van der Waals surface area contributed by atoms with Crippen molar-refractivity contribution in [1.82, 2.24) is 4.57 Å². The van der Waals surface area contributed by atoms with Gasteiger partial charge in [0.05, 0.1) is 11.0 Å². The van der Waals surface area contributed by atoms with Crippen LogP contribution in [-0.2, 0) is 0 Å². The molecule has 1 N–H and O–H groups in total. The fourth-order valence-corrected chi connectivity index (χ4v) is 7.98. The van der Waals surface area contributed by atoms with Gasteiger partial charge in [-0.2, -0.15) is 0 Å². The SMILES string of the molecule is Fc1ccc2oc3ccc(Nc4ccc(-c5ccc6c(c5)c5ccccc5n6-c5ccc6oc7ccc(F)cc7c6c5)cc4-c4ccccc4)cc3c2c1. The first kappa shape index (κ1) is 30.4. The van der Waals surface area contributed by atoms with Crippen molar-refractivity contribution in [2.24, 2.45) is 0 Å². The number of hydrogen-bond acceptors (Lipinski definition) is 3. The number of aromatic nitrogens is 1. The van der Waals surface area contributed by atoms with Crippen molar-refractivity contribution in [2.75, 3.05) is 5.32 Å². The van der Waals surface area contributed by atoms with Crippen molar-refractivity contribution in [1.29, 1.82) is 0 Å². The smallest absolute Gasteiger partial charge is 0.135 e. The number of halogens is 2. The molecule has 54 heavy (non-hydrogen) atoms. The molecule has 11 aromatic rings. The summed E-state index contributed by atoms with van der Waals surface area (Å²) < 4.78 is 42.7. The zero-order valence-corrected chi connectivity index (χ0v) is 28.6. The van der Waals surface area contributed by atoms with Crippen molar-refractivity contribution in [3.63, 3.8) is 0 Å². The summed E-state index contributed by atoms with van der Waals surface area (Å²) in [6.07, 6.45) is 0. The molecular weight excluding hydrogens is 675 g/mol. The molecule has 6 heteroatoms. The molecule has 0 atom stereocenters. The van der Waals surface area contributed by atoms with Crippen molar-refractivity contribution >= 4 is 77.1 Å². The minimum atomic E-state index is -0.296. The van der Waals surface area contributed by atoms with Crippen molar-refractivity contribution in [2.45, 2.75) is 0 Å². The molecule has 0 bridgehead atoms. The molecule has 0 saturated heterocycles. The van der Waals surface area contributed by atoms with E-state index in [1.54, 1.807) is 12.1 Å². The van der Waals surface area contributed by atoms with E-state index in [2.05, 4.69) is 94.8 Å². The Balaban J connectivity index is 1.03. The van der Waals surface area contributed by atoms with Crippen LogP contribution in [0.5, 0.6) is 0 Å². The van der Waals surface area contributed by atoms with Crippen molar-refractivity contribution < 1.29 is 17.6 Å². The number of nitrogens with zero attached hydrogens (tertiary/aromatic N) is 1. The lowest BCUT2D eigenvalue weighted by Crippen LogP contribution is -1.95. The van der Waals surface area contributed by atoms with Gasteiger partial charge in [-0.3, -0.25) is 0 Å². The summed E-state index contributed by atoms with van der Waals surface area (Å²) in [5.74, 6) is -0.586. The van der Waals surface area contributed by atoms with E-state index in [0.717, 1.165) is 88.2 Å². The van der Waals surface area contributed by atoms with Gasteiger partial charge in [-0.1, -0.05) is 60.7 Å². The van der Waals surface area contributed by atoms with E-state index < -0.39 is 0 Å². The highest BCUT2D eigenvalue weighted by atomic mass is 19.1. The van der Waals surface area contributed by atoms with E-state index in [1.807, 2.05) is 42.5 Å². The lowest BCUT2D eigenvalue weighted by molar-refractivity contribution is 0.626. The summed E-state index contributed by atoms with van der Waals surface area (Å²) in [6.45, 7) is 0. The second kappa shape index (κ2) is 11.7. The summed E-state index contributed by atoms with van der Waals surface area (Å²) in [5, 5.41) is 9.15. The van der Waals surface area contributed by atoms with Gasteiger partial charge in [-0.15, -0.1) is 0 Å². The zero-order chi connectivity index (χ0) is 35.9. The van der Waals surface area contributed by atoms with E-state index in [4.69, 9.17) is 8.83 Å². The number of fused-ring (bicyclic) bond motifs is 9. The van der Waals surface area contributed by atoms with Crippen LogP contribution in [-0.4, -0.2) is 4.57 Å². The van der Waals surface area contributed by atoms with Crippen LogP contribution in [0.4, 0.5) is 20.2 Å². The number of furan rings is 2. The molecule has 0 aliphatic carbocycles. The lowest BCUT2D eigenvalue weighted by Gasteiger charge is -2.15. The van der Waals surface area contributed by atoms with E-state index >= 15 is 0 Å². The zero-order valence-electron chi connectivity index (χ0n) is 28.6. The molecule has 0 amide bonds. The van der Waals surface area contributed by atoms with Crippen molar-refractivity contribution in [3.05, 3.63) is 175 Å². The Hall–Kier alpha value is -7.18. The van der Waals surface area contributed by atoms with Crippen LogP contribution in [0, 0.1) is 11.6 Å². The quantitative estimate of drug-likeness (QED) is 0.194. The Kier molecular flexibility index (Phi) is 6.58. The molecule has 3 aromatic heterocycles. The van der Waals surface area contributed by atoms with E-state index in [0.29, 0.717) is 16.7 Å². The Bertz CT molecular complexity index is 3280. The number of anilines is 2. The fourth-order valence-electron chi connectivity index (χ4n) is 7.98. The number of para-hydroxylation sites is 1. The molecule has 256 valence electrons. The Labute approximate surface area is 307 Å². The standard InChI is InChI=1S/C48H28F2N2O2/c49-31-12-18-45-38(24-31)40-26-33(14-20-47(40)53-45)51-42-16-10-29(22-36(42)28-6-2-1-3-7-28)30-11-17-44-37(23-30)35-8-4-5-9-43(35)52(44)34-15-21-48-41(27-34)39-25-32(50)13-19-46(39)54-48/h1-27,51H. The molecular formula is C48H28F2N2O2. The average Bonchev–Trinajstić information content (AvgIpc) is 3.86. The first-order valence-corrected chi connectivity index (χ1v) is 17.8. The fraction of sp³-hybridized carbons (Fsp3) is 0. The summed E-state index contributed by atoms with van der Waals surface area (Å²) in [5.41, 5.74) is 12.0. The van der Waals surface area contributed by atoms with Gasteiger partial charge in [-0.05, 0) is 120 Å². The van der Waals surface area contributed by atoms with Gasteiger partial charge in [0.2, 0.25) is 0 Å². The predicted molar refractivity (Wildman–Crippen MR) is 216 cm³/mol. The maximum absolute atomic E-state index is 14.3. The maximum Gasteiger partial charge on any atom is 0.135 e. The molecule has 11 rings (SSSR count). The third kappa shape index (κ3) is 4.81. The summed E-state index contributed by atoms with van der Waals surface area (Å²) in [6, 6.07) is 53.2. The average molecular weight is 703 g/mol. The second-order valence-electron chi connectivity index (χ2n) is 13.7. The highest BCUT2D eigenvalue weighted by molar-refractivity contribution is 6.12. The van der Waals surface area contributed by atoms with Crippen LogP contribution < -0.4 is 5.32 Å². The summed E-state index contributed by atoms with van der Waals surface area (Å²) in [4.78, 5) is 0. The monoisotopic (exact) mass is 702 g/mol. The summed E-state index contributed by atoms with van der Waals surface area (Å²) >= 11 is 0. The molecule has 0 saturated carbocycles. The molecule has 8 aromatic carbocycles. The van der Waals surface area contributed by atoms with Crippen LogP contribution in [0.15, 0.2) is 173 Å². The normalized spacial score (nSPS) is 11.9. The van der Waals surface area contributed by atoms with Crippen LogP contribution in [0.3, 0.4) is 0 Å². The van der Waals surface area contributed by atoms with E-state index in [9.17, 15) is 8.78 Å². The predicted octanol–water partition coefficient (Wildman–Crippen LogP) is 13.9. The lowest BCUT2D eigenvalue weighted by atomic mass is 9.96. The molecule has 0 unspecified atom stereocenters. The Morgan fingerprint density at radius 3 is 1.76 bits per heavy atom. The largest absolute Gasteiger partial charge is 0.456 e. The second-order valence-corrected chi connectivity index (χ2v) is 13.7. The topological polar surface area (TPSA) is 43.2 Å². The van der Waals surface area contributed by atoms with Gasteiger partial charge in [-0.25, -0.2) is 8.78 Å². The minimum absolute atomic E-state index is 0.290. The molecule has 0 fully saturated rings. The third-order valence-electron chi connectivity index (χ3n) is 10.5. The number of nitrogens with one attached hydrogen (secondary N) is 1. The van der Waals surface area contributed by atoms with Crippen molar-refractivity contribution in [3.8, 4) is 27.9 Å². The van der Waals surface area contributed by atoms with Gasteiger partial charge < -0.3 is 18.7 Å². The molecule has 0 aliphatic rings. The van der Waals surface area contributed by atoms with E-state index in [1.165, 1.54) is 24.3 Å². The molecule has 0 aliphatic heterocycles. The van der Waals surface area contributed by atoms with Gasteiger partial charge >= 0.3 is 0 Å². The highest BCUT2D eigenvalue weighted by Gasteiger charge is 2.17. The maximum atomic E-state index is 14.3. The van der Waals surface area contributed by atoms with E-state index in [-0.39, 0.29) is 11.6 Å². The molecule has 0 spiro atoms. The van der Waals surface area contributed by atoms with Crippen LogP contribution in [0.2, 0.25) is 0 Å². The highest BCUT2D eigenvalue weighted by Crippen LogP contribution is 2.40. The number of benzene rings is 8. The van der Waals surface area contributed by atoms with Gasteiger partial charge in [0.25, 0.3) is 0 Å². The summed E-state index contributed by atoms with van der Waals surface area (Å²) in [7, 11) is 0. The van der Waals surface area contributed by atoms with Crippen LogP contribution in [0.1, 0.15) is 0 Å². The van der Waals surface area contributed by atoms with Crippen LogP contribution in [0.25, 0.3) is 93.6 Å². The minimum Gasteiger partial charge on any atom is -0.456 e. The first-order chi connectivity index (χ1) is 26.5. The third-order valence-corrected chi connectivity index (χ3v) is 10.5. The number of hydrogen-bond donors (Lipinski definition) is 1. The number of rotatable bonds is 5. The molecule has 4 nitrogen and oxygen atoms in total. The van der Waals surface area contributed by atoms with Gasteiger partial charge in [0, 0.05) is 54.9 Å².